The molecule has 15 nitrogen and oxygen atoms in total. The Morgan fingerprint density at radius 1 is 1.03 bits per heavy atom. The highest BCUT2D eigenvalue weighted by molar-refractivity contribution is 6.32. The Hall–Kier alpha value is -4.86. The number of likely N-dealkylation sites (N-methyl/N-ethyl adjacent to an activating group) is 1. The second-order valence-corrected chi connectivity index (χ2v) is 18.5. The van der Waals surface area contributed by atoms with Gasteiger partial charge in [0.2, 0.25) is 17.7 Å². The normalized spacial score (nSPS) is 21.0. The van der Waals surface area contributed by atoms with E-state index in [9.17, 15) is 33.9 Å². The van der Waals surface area contributed by atoms with Crippen LogP contribution >= 0.6 is 23.2 Å². The summed E-state index contributed by atoms with van der Waals surface area (Å²) in [5.74, 6) is -3.63. The van der Waals surface area contributed by atoms with Crippen molar-refractivity contribution in [1.29, 1.82) is 0 Å². The van der Waals surface area contributed by atoms with E-state index in [1.807, 2.05) is 13.8 Å². The minimum Gasteiger partial charge on any atom is -0.495 e. The molecular weight excluding hydrogens is 843 g/mol. The van der Waals surface area contributed by atoms with Gasteiger partial charge in [0.25, 0.3) is 0 Å². The minimum absolute atomic E-state index is 0.0540. The van der Waals surface area contributed by atoms with E-state index in [1.54, 1.807) is 84.0 Å². The van der Waals surface area contributed by atoms with E-state index < -0.39 is 82.4 Å². The van der Waals surface area contributed by atoms with Crippen LogP contribution in [0, 0.1) is 17.3 Å². The van der Waals surface area contributed by atoms with E-state index in [0.29, 0.717) is 21.9 Å². The number of ether oxygens (including phenoxy) is 4. The molecule has 0 fully saturated rings. The predicted molar refractivity (Wildman–Crippen MR) is 234 cm³/mol. The number of esters is 2. The quantitative estimate of drug-likeness (QED) is 0.108. The highest BCUT2D eigenvalue weighted by atomic mass is 35.5. The average Bonchev–Trinajstić information content (AvgIpc) is 3.19. The number of nitrogens with one attached hydrogen (secondary N) is 3. The topological polar surface area (TPSA) is 199 Å². The van der Waals surface area contributed by atoms with Crippen LogP contribution in [-0.2, 0) is 51.1 Å². The van der Waals surface area contributed by atoms with Crippen LogP contribution in [0.15, 0.2) is 54.6 Å². The monoisotopic (exact) mass is 904 g/mol. The molecule has 0 saturated heterocycles. The number of aliphatic hydroxyl groups excluding tert-OH is 1. The number of hydrogen-bond acceptors (Lipinski definition) is 11. The molecule has 4 amide bonds. The minimum atomic E-state index is -1.31. The first kappa shape index (κ1) is 51.5. The standard InChI is InChI=1S/C45H62Cl2N4O11/c1-26(2)20-35-41(56)60-33(27(3)39(54)38(47)30-17-14-28(15-18-30)23-48-37(53)24-51(9)43(58)62-44(4,5)6)12-11-13-36(52)50-32(22-29-16-19-34(59-10)31(46)21-29)40(55)49-25-45(7,8)42(57)61-35/h11,13-19,21,26-27,32-33,35,38-39,54H,12,20,22-25H2,1-10H3,(H,48,53)(H,49,55)(H,50,52)/b13-11+/t27-,32+,33-,35-,38-,39+/m0/s1. The fraction of sp³-hybridized carbons (Fsp3) is 0.556. The van der Waals surface area contributed by atoms with Gasteiger partial charge in [-0.2, -0.15) is 0 Å². The molecule has 1 heterocycles. The number of rotatable bonds is 13. The molecule has 0 radical (unpaired) electrons. The maximum Gasteiger partial charge on any atom is 0.410 e. The van der Waals surface area contributed by atoms with Crippen molar-refractivity contribution in [3.63, 3.8) is 0 Å². The van der Waals surface area contributed by atoms with Gasteiger partial charge in [-0.05, 0) is 81.9 Å². The number of cyclic esters (lactones) is 2. The molecule has 3 rings (SSSR count). The third kappa shape index (κ3) is 16.1. The second kappa shape index (κ2) is 23.0. The fourth-order valence-electron chi connectivity index (χ4n) is 6.20. The Balaban J connectivity index is 1.83. The molecule has 1 aliphatic heterocycles. The number of benzene rings is 2. The zero-order valence-electron chi connectivity index (χ0n) is 37.2. The van der Waals surface area contributed by atoms with Gasteiger partial charge in [-0.25, -0.2) is 9.59 Å². The lowest BCUT2D eigenvalue weighted by Crippen LogP contribution is -2.51. The zero-order chi connectivity index (χ0) is 46.5. The number of halogens is 2. The Labute approximate surface area is 374 Å². The van der Waals surface area contributed by atoms with E-state index in [-0.39, 0.29) is 44.8 Å². The molecule has 0 aromatic heterocycles. The molecule has 4 N–H and O–H groups in total. The SMILES string of the molecule is COc1ccc(C[C@H]2NC(=O)/C=C/C[C@@H]([C@H](C)[C@@H](O)[C@@H](Cl)c3ccc(CNC(=O)CN(C)C(=O)OC(C)(C)C)cc3)OC(=O)[C@H](CC(C)C)OC(=O)C(C)(C)CNC2=O)cc1Cl. The van der Waals surface area contributed by atoms with Crippen molar-refractivity contribution >= 4 is 59.0 Å². The predicted octanol–water partition coefficient (Wildman–Crippen LogP) is 5.81. The molecule has 62 heavy (non-hydrogen) atoms. The highest BCUT2D eigenvalue weighted by Crippen LogP contribution is 2.33. The van der Waals surface area contributed by atoms with Crippen molar-refractivity contribution in [1.82, 2.24) is 20.9 Å². The van der Waals surface area contributed by atoms with E-state index >= 15 is 0 Å². The summed E-state index contributed by atoms with van der Waals surface area (Å²) >= 11 is 13.2. The molecule has 342 valence electrons. The summed E-state index contributed by atoms with van der Waals surface area (Å²) in [4.78, 5) is 80.2. The molecule has 0 spiro atoms. The van der Waals surface area contributed by atoms with Gasteiger partial charge in [0.15, 0.2) is 6.10 Å². The first-order chi connectivity index (χ1) is 28.9. The smallest absolute Gasteiger partial charge is 0.410 e. The van der Waals surface area contributed by atoms with Gasteiger partial charge in [-0.15, -0.1) is 11.6 Å². The lowest BCUT2D eigenvalue weighted by molar-refractivity contribution is -0.180. The molecule has 0 saturated carbocycles. The number of nitrogens with zero attached hydrogens (tertiary/aromatic N) is 1. The van der Waals surface area contributed by atoms with Gasteiger partial charge >= 0.3 is 18.0 Å². The van der Waals surface area contributed by atoms with E-state index in [0.717, 1.165) is 5.56 Å². The second-order valence-electron chi connectivity index (χ2n) is 17.6. The van der Waals surface area contributed by atoms with Crippen LogP contribution in [0.1, 0.15) is 90.3 Å². The summed E-state index contributed by atoms with van der Waals surface area (Å²) in [5, 5.41) is 19.2. The number of hydrogen-bond donors (Lipinski definition) is 4. The molecule has 6 atom stereocenters. The lowest BCUT2D eigenvalue weighted by Gasteiger charge is -2.32. The summed E-state index contributed by atoms with van der Waals surface area (Å²) in [6.07, 6.45) is -1.46. The molecule has 0 aliphatic carbocycles. The summed E-state index contributed by atoms with van der Waals surface area (Å²) in [5.41, 5.74) is -0.0975. The van der Waals surface area contributed by atoms with Crippen molar-refractivity contribution in [2.75, 3.05) is 27.2 Å². The van der Waals surface area contributed by atoms with E-state index in [2.05, 4.69) is 16.0 Å². The van der Waals surface area contributed by atoms with Crippen LogP contribution in [0.3, 0.4) is 0 Å². The van der Waals surface area contributed by atoms with Gasteiger partial charge in [-0.1, -0.05) is 68.8 Å². The van der Waals surface area contributed by atoms with Gasteiger partial charge in [0.1, 0.15) is 30.0 Å². The Kier molecular flexibility index (Phi) is 19.1. The molecular formula is C45H62Cl2N4O11. The van der Waals surface area contributed by atoms with Crippen LogP contribution in [0.4, 0.5) is 4.79 Å². The van der Waals surface area contributed by atoms with Crippen molar-refractivity contribution in [3.8, 4) is 5.75 Å². The van der Waals surface area contributed by atoms with Crippen molar-refractivity contribution in [2.24, 2.45) is 17.3 Å². The van der Waals surface area contributed by atoms with Gasteiger partial charge in [0.05, 0.1) is 29.0 Å². The number of carbonyl (C=O) groups excluding carboxylic acids is 6. The largest absolute Gasteiger partial charge is 0.495 e. The zero-order valence-corrected chi connectivity index (χ0v) is 38.7. The summed E-state index contributed by atoms with van der Waals surface area (Å²) in [6, 6.07) is 10.8. The lowest BCUT2D eigenvalue weighted by atomic mass is 9.90. The van der Waals surface area contributed by atoms with Crippen LogP contribution in [0.5, 0.6) is 5.75 Å². The van der Waals surface area contributed by atoms with Crippen molar-refractivity contribution in [2.45, 2.75) is 117 Å². The maximum atomic E-state index is 13.8. The fourth-order valence-corrected chi connectivity index (χ4v) is 6.85. The number of aliphatic hydroxyl groups is 1. The molecule has 2 aromatic rings. The number of methoxy groups -OCH3 is 1. The highest BCUT2D eigenvalue weighted by Gasteiger charge is 2.39. The van der Waals surface area contributed by atoms with Gasteiger partial charge < -0.3 is 44.9 Å². The molecule has 2 aromatic carbocycles. The summed E-state index contributed by atoms with van der Waals surface area (Å²) < 4.78 is 22.3. The van der Waals surface area contributed by atoms with Gasteiger partial charge in [0, 0.05) is 38.9 Å². The average molecular weight is 906 g/mol. The Bertz CT molecular complexity index is 1920. The van der Waals surface area contributed by atoms with E-state index in [4.69, 9.17) is 42.1 Å². The van der Waals surface area contributed by atoms with Gasteiger partial charge in [-0.3, -0.25) is 19.2 Å². The number of alkyl halides is 1. The van der Waals surface area contributed by atoms with E-state index in [1.165, 1.54) is 31.2 Å². The molecule has 0 unspecified atom stereocenters. The van der Waals surface area contributed by atoms with Crippen LogP contribution < -0.4 is 20.7 Å². The van der Waals surface area contributed by atoms with Crippen LogP contribution in [0.25, 0.3) is 0 Å². The third-order valence-electron chi connectivity index (χ3n) is 9.95. The molecule has 17 heteroatoms. The van der Waals surface area contributed by atoms with Crippen molar-refractivity contribution in [3.05, 3.63) is 76.3 Å². The molecule has 1 aliphatic rings. The van der Waals surface area contributed by atoms with Crippen molar-refractivity contribution < 1.29 is 52.8 Å². The first-order valence-corrected chi connectivity index (χ1v) is 21.3. The number of carbonyl (C=O) groups is 6. The maximum absolute atomic E-state index is 13.8. The summed E-state index contributed by atoms with van der Waals surface area (Å²) in [6.45, 7) is 13.5. The van der Waals surface area contributed by atoms with Crippen LogP contribution in [0.2, 0.25) is 5.02 Å². The number of amides is 4. The van der Waals surface area contributed by atoms with Crippen LogP contribution in [-0.4, -0.2) is 103 Å². The summed E-state index contributed by atoms with van der Waals surface area (Å²) in [7, 11) is 2.94. The first-order valence-electron chi connectivity index (χ1n) is 20.5. The third-order valence-corrected chi connectivity index (χ3v) is 10.8. The Morgan fingerprint density at radius 2 is 1.68 bits per heavy atom. The molecule has 0 bridgehead atoms. The Morgan fingerprint density at radius 3 is 2.27 bits per heavy atom.